The van der Waals surface area contributed by atoms with E-state index in [1.807, 2.05) is 13.8 Å². The third-order valence-electron chi connectivity index (χ3n) is 2.32. The Kier molecular flexibility index (Phi) is 7.46. The van der Waals surface area contributed by atoms with E-state index in [1.54, 1.807) is 0 Å². The fraction of sp³-hybridized carbons (Fsp3) is 0.667. The van der Waals surface area contributed by atoms with Crippen LogP contribution in [0.2, 0.25) is 0 Å². The predicted octanol–water partition coefficient (Wildman–Crippen LogP) is 1.94. The molecule has 0 fully saturated rings. The normalized spacial score (nSPS) is 13.8. The number of hydrogen-bond donors (Lipinski definition) is 1. The summed E-state index contributed by atoms with van der Waals surface area (Å²) in [5, 5.41) is 7.26. The molecule has 92 valence electrons. The minimum absolute atomic E-state index is 0.750. The smallest absolute Gasteiger partial charge is 0.116 e. The summed E-state index contributed by atoms with van der Waals surface area (Å²) in [6.07, 6.45) is 1.90. The number of H-pyrrole nitrogens is 1. The number of hydrogen-bond acceptors (Lipinski definition) is 3. The van der Waals surface area contributed by atoms with Crippen LogP contribution in [0.15, 0.2) is 0 Å². The summed E-state index contributed by atoms with van der Waals surface area (Å²) >= 11 is 0. The van der Waals surface area contributed by atoms with Crippen molar-refractivity contribution in [3.8, 4) is 0 Å². The van der Waals surface area contributed by atoms with E-state index in [0.717, 1.165) is 25.8 Å². The molecule has 1 aromatic rings. The van der Waals surface area contributed by atoms with Crippen molar-refractivity contribution in [1.29, 1.82) is 0 Å². The molecule has 1 aliphatic heterocycles. The van der Waals surface area contributed by atoms with Gasteiger partial charge in [-0.05, 0) is 32.9 Å². The van der Waals surface area contributed by atoms with Crippen molar-refractivity contribution in [2.24, 2.45) is 0 Å². The zero-order valence-electron chi connectivity index (χ0n) is 11.0. The number of carbonyl (C=O) groups is 1. The van der Waals surface area contributed by atoms with Gasteiger partial charge in [-0.25, -0.2) is 0 Å². The van der Waals surface area contributed by atoms with Crippen LogP contribution in [0.4, 0.5) is 0 Å². The maximum Gasteiger partial charge on any atom is 0.116 e. The van der Waals surface area contributed by atoms with Crippen LogP contribution in [-0.2, 0) is 17.8 Å². The Hall–Kier alpha value is -1.16. The Morgan fingerprint density at radius 3 is 2.56 bits per heavy atom. The van der Waals surface area contributed by atoms with Gasteiger partial charge in [0.15, 0.2) is 0 Å². The van der Waals surface area contributed by atoms with Crippen LogP contribution in [-0.4, -0.2) is 35.0 Å². The molecule has 1 aromatic heterocycles. The van der Waals surface area contributed by atoms with Gasteiger partial charge in [0.1, 0.15) is 6.29 Å². The summed E-state index contributed by atoms with van der Waals surface area (Å²) in [6, 6.07) is 0. The Labute approximate surface area is 98.0 Å². The summed E-state index contributed by atoms with van der Waals surface area (Å²) in [4.78, 5) is 11.1. The van der Waals surface area contributed by atoms with E-state index in [0.29, 0.717) is 0 Å². The molecule has 2 heterocycles. The fourth-order valence-corrected chi connectivity index (χ4v) is 1.60. The lowest BCUT2D eigenvalue weighted by atomic mass is 10.1. The first-order valence-corrected chi connectivity index (χ1v) is 5.80. The first-order chi connectivity index (χ1) is 7.69. The van der Waals surface area contributed by atoms with Crippen LogP contribution >= 0.6 is 0 Å². The highest BCUT2D eigenvalue weighted by atomic mass is 16.1. The number of aryl methyl sites for hydroxylation is 1. The number of nitrogens with zero attached hydrogens (tertiary/aromatic N) is 2. The monoisotopic (exact) mass is 225 g/mol. The molecule has 1 N–H and O–H groups in total. The molecular weight excluding hydrogens is 202 g/mol. The van der Waals surface area contributed by atoms with Gasteiger partial charge in [-0.1, -0.05) is 13.8 Å². The second-order valence-electron chi connectivity index (χ2n) is 3.50. The van der Waals surface area contributed by atoms with Crippen molar-refractivity contribution in [3.63, 3.8) is 0 Å². The van der Waals surface area contributed by atoms with Gasteiger partial charge in [-0.3, -0.25) is 5.10 Å². The zero-order valence-corrected chi connectivity index (χ0v) is 11.0. The number of rotatable bonds is 0. The van der Waals surface area contributed by atoms with Crippen molar-refractivity contribution >= 4 is 6.29 Å². The average molecular weight is 225 g/mol. The molecule has 4 nitrogen and oxygen atoms in total. The molecule has 2 rings (SSSR count). The van der Waals surface area contributed by atoms with Gasteiger partial charge in [0.2, 0.25) is 0 Å². The van der Waals surface area contributed by atoms with Crippen molar-refractivity contribution in [2.45, 2.75) is 40.7 Å². The van der Waals surface area contributed by atoms with Crippen molar-refractivity contribution in [2.75, 3.05) is 13.6 Å². The fourth-order valence-electron chi connectivity index (χ4n) is 1.60. The first-order valence-electron chi connectivity index (χ1n) is 5.80. The zero-order chi connectivity index (χ0) is 12.6. The molecule has 16 heavy (non-hydrogen) atoms. The molecule has 0 saturated heterocycles. The second kappa shape index (κ2) is 8.05. The van der Waals surface area contributed by atoms with E-state index in [9.17, 15) is 0 Å². The van der Waals surface area contributed by atoms with Gasteiger partial charge < -0.3 is 9.69 Å². The van der Waals surface area contributed by atoms with Crippen LogP contribution < -0.4 is 0 Å². The lowest BCUT2D eigenvalue weighted by molar-refractivity contribution is -0.106. The largest absolute Gasteiger partial charge is 0.304 e. The van der Waals surface area contributed by atoms with Crippen LogP contribution in [0.25, 0.3) is 0 Å². The molecule has 0 bridgehead atoms. The minimum atomic E-state index is 0.750. The predicted molar refractivity (Wildman–Crippen MR) is 66.4 cm³/mol. The Bertz CT molecular complexity index is 307. The lowest BCUT2D eigenvalue weighted by Gasteiger charge is -2.21. The maximum atomic E-state index is 8.81. The molecule has 0 radical (unpaired) electrons. The number of likely N-dealkylation sites (N-methyl/N-ethyl adjacent to an activating group) is 1. The van der Waals surface area contributed by atoms with Crippen LogP contribution in [0.1, 0.15) is 37.7 Å². The third-order valence-corrected chi connectivity index (χ3v) is 2.32. The molecule has 4 heteroatoms. The van der Waals surface area contributed by atoms with Gasteiger partial charge in [0.05, 0.1) is 5.69 Å². The Balaban J connectivity index is 0.000000394. The maximum absolute atomic E-state index is 8.81. The molecule has 0 amide bonds. The highest BCUT2D eigenvalue weighted by molar-refractivity contribution is 5.44. The van der Waals surface area contributed by atoms with Gasteiger partial charge in [-0.2, -0.15) is 5.10 Å². The van der Waals surface area contributed by atoms with Crippen LogP contribution in [0.5, 0.6) is 0 Å². The molecule has 0 atom stereocenters. The standard InChI is InChI=1S/C8H13N3.C2H4O.C2H6/c1-6-7-3-4-11(2)5-8(7)10-9-6;1-2-3;1-2/h3-5H2,1-2H3,(H,9,10);2H,1H3;1-2H3. The summed E-state index contributed by atoms with van der Waals surface area (Å²) in [7, 11) is 2.13. The van der Waals surface area contributed by atoms with Gasteiger partial charge in [0, 0.05) is 18.8 Å². The number of aldehydes is 1. The molecule has 0 aliphatic carbocycles. The number of fused-ring (bicyclic) bond motifs is 1. The van der Waals surface area contributed by atoms with Crippen molar-refractivity contribution in [1.82, 2.24) is 15.1 Å². The summed E-state index contributed by atoms with van der Waals surface area (Å²) in [6.45, 7) is 9.70. The summed E-state index contributed by atoms with van der Waals surface area (Å²) in [5.41, 5.74) is 3.91. The molecule has 0 saturated carbocycles. The average Bonchev–Trinajstić information content (AvgIpc) is 2.64. The van der Waals surface area contributed by atoms with E-state index in [1.165, 1.54) is 23.9 Å². The Morgan fingerprint density at radius 2 is 2.00 bits per heavy atom. The quantitative estimate of drug-likeness (QED) is 0.686. The molecule has 1 aliphatic rings. The minimum Gasteiger partial charge on any atom is -0.304 e. The highest BCUT2D eigenvalue weighted by Gasteiger charge is 2.16. The molecule has 0 aromatic carbocycles. The van der Waals surface area contributed by atoms with Gasteiger partial charge >= 0.3 is 0 Å². The SMILES string of the molecule is CC.CC=O.Cc1[nH]nc2c1CCN(C)C2. The number of aromatic amines is 1. The number of nitrogens with one attached hydrogen (secondary N) is 1. The van der Waals surface area contributed by atoms with E-state index in [4.69, 9.17) is 4.79 Å². The topological polar surface area (TPSA) is 49.0 Å². The molecule has 0 spiro atoms. The van der Waals surface area contributed by atoms with Crippen molar-refractivity contribution in [3.05, 3.63) is 17.0 Å². The molecular formula is C12H23N3O. The number of carbonyl (C=O) groups excluding carboxylic acids is 1. The van der Waals surface area contributed by atoms with E-state index < -0.39 is 0 Å². The van der Waals surface area contributed by atoms with Gasteiger partial charge in [0.25, 0.3) is 0 Å². The van der Waals surface area contributed by atoms with Gasteiger partial charge in [-0.15, -0.1) is 0 Å². The van der Waals surface area contributed by atoms with E-state index in [2.05, 4.69) is 29.1 Å². The van der Waals surface area contributed by atoms with E-state index in [-0.39, 0.29) is 0 Å². The highest BCUT2D eigenvalue weighted by Crippen LogP contribution is 2.17. The second-order valence-corrected chi connectivity index (χ2v) is 3.50. The Morgan fingerprint density at radius 1 is 1.44 bits per heavy atom. The first kappa shape index (κ1) is 14.8. The van der Waals surface area contributed by atoms with Crippen molar-refractivity contribution < 1.29 is 4.79 Å². The van der Waals surface area contributed by atoms with E-state index >= 15 is 0 Å². The molecule has 0 unspecified atom stereocenters. The lowest BCUT2D eigenvalue weighted by Crippen LogP contribution is -2.26. The van der Waals surface area contributed by atoms with Crippen LogP contribution in [0.3, 0.4) is 0 Å². The van der Waals surface area contributed by atoms with Crippen LogP contribution in [0, 0.1) is 6.92 Å². The summed E-state index contributed by atoms with van der Waals surface area (Å²) in [5.74, 6) is 0. The summed E-state index contributed by atoms with van der Waals surface area (Å²) < 4.78 is 0. The third kappa shape index (κ3) is 4.14. The number of aromatic nitrogens is 2.